The molecule has 1 aliphatic heterocycles. The molecule has 0 bridgehead atoms. The van der Waals surface area contributed by atoms with Crippen LogP contribution in [0.2, 0.25) is 0 Å². The maximum Gasteiger partial charge on any atom is 0.329 e. The summed E-state index contributed by atoms with van der Waals surface area (Å²) in [4.78, 5) is 26.6. The molecule has 30 heavy (non-hydrogen) atoms. The number of carbonyl (C=O) groups is 2. The zero-order valence-electron chi connectivity index (χ0n) is 16.4. The number of fused-ring (bicyclic) bond motifs is 1. The molecule has 3 amide bonds. The number of nitrogens with zero attached hydrogens (tertiary/aromatic N) is 1. The first-order chi connectivity index (χ1) is 14.5. The van der Waals surface area contributed by atoms with Crippen molar-refractivity contribution >= 4 is 44.7 Å². The molecule has 0 aliphatic carbocycles. The number of urea groups is 1. The molecule has 7 heteroatoms. The SMILES string of the molecule is COc1ccc2ccc(OC)c(/C=C3\NC(=O)N(Cc4ccc(Br)cc4)C3=O)c2c1. The molecule has 1 fully saturated rings. The zero-order chi connectivity index (χ0) is 21.3. The molecule has 4 rings (SSSR count). The third-order valence-electron chi connectivity index (χ3n) is 4.96. The molecular formula is C23H19BrN2O4. The lowest BCUT2D eigenvalue weighted by molar-refractivity contribution is -0.123. The minimum atomic E-state index is -0.453. The minimum Gasteiger partial charge on any atom is -0.497 e. The van der Waals surface area contributed by atoms with Crippen LogP contribution in [0.3, 0.4) is 0 Å². The monoisotopic (exact) mass is 466 g/mol. The number of halogens is 1. The number of benzene rings is 3. The van der Waals surface area contributed by atoms with Gasteiger partial charge in [0.15, 0.2) is 0 Å². The summed E-state index contributed by atoms with van der Waals surface area (Å²) in [6.07, 6.45) is 1.66. The minimum absolute atomic E-state index is 0.190. The third-order valence-corrected chi connectivity index (χ3v) is 5.48. The Bertz CT molecular complexity index is 1170. The summed E-state index contributed by atoms with van der Waals surface area (Å²) in [5.41, 5.74) is 1.75. The van der Waals surface area contributed by atoms with E-state index in [0.29, 0.717) is 17.1 Å². The summed E-state index contributed by atoms with van der Waals surface area (Å²) in [6, 6.07) is 16.5. The number of hydrogen-bond donors (Lipinski definition) is 1. The maximum absolute atomic E-state index is 12.9. The lowest BCUT2D eigenvalue weighted by Crippen LogP contribution is -2.30. The van der Waals surface area contributed by atoms with Crippen molar-refractivity contribution in [2.24, 2.45) is 0 Å². The molecule has 0 radical (unpaired) electrons. The molecule has 1 saturated heterocycles. The van der Waals surface area contributed by atoms with E-state index in [2.05, 4.69) is 21.2 Å². The molecule has 3 aromatic carbocycles. The fraction of sp³-hybridized carbons (Fsp3) is 0.130. The molecule has 1 heterocycles. The Morgan fingerprint density at radius 2 is 1.73 bits per heavy atom. The molecular weight excluding hydrogens is 448 g/mol. The van der Waals surface area contributed by atoms with Crippen molar-refractivity contribution in [2.75, 3.05) is 14.2 Å². The van der Waals surface area contributed by atoms with Gasteiger partial charge in [0.25, 0.3) is 5.91 Å². The van der Waals surface area contributed by atoms with E-state index < -0.39 is 6.03 Å². The average molecular weight is 467 g/mol. The molecule has 0 atom stereocenters. The number of imide groups is 1. The lowest BCUT2D eigenvalue weighted by Gasteiger charge is -2.12. The van der Waals surface area contributed by atoms with Crippen LogP contribution in [0.1, 0.15) is 11.1 Å². The van der Waals surface area contributed by atoms with Crippen molar-refractivity contribution in [1.29, 1.82) is 0 Å². The first kappa shape index (κ1) is 20.0. The van der Waals surface area contributed by atoms with Gasteiger partial charge in [-0.05, 0) is 52.7 Å². The number of methoxy groups -OCH3 is 2. The van der Waals surface area contributed by atoms with Gasteiger partial charge in [-0.3, -0.25) is 9.69 Å². The summed E-state index contributed by atoms with van der Waals surface area (Å²) >= 11 is 3.38. The van der Waals surface area contributed by atoms with Crippen LogP contribution in [-0.2, 0) is 11.3 Å². The first-order valence-electron chi connectivity index (χ1n) is 9.24. The van der Waals surface area contributed by atoms with Gasteiger partial charge >= 0.3 is 6.03 Å². The van der Waals surface area contributed by atoms with E-state index in [9.17, 15) is 9.59 Å². The molecule has 1 aliphatic rings. The second-order valence-electron chi connectivity index (χ2n) is 6.77. The third kappa shape index (κ3) is 3.76. The van der Waals surface area contributed by atoms with E-state index in [4.69, 9.17) is 9.47 Å². The number of ether oxygens (including phenoxy) is 2. The Balaban J connectivity index is 1.72. The van der Waals surface area contributed by atoms with E-state index in [0.717, 1.165) is 20.8 Å². The van der Waals surface area contributed by atoms with Crippen LogP contribution in [0.5, 0.6) is 11.5 Å². The van der Waals surface area contributed by atoms with Crippen LogP contribution >= 0.6 is 15.9 Å². The van der Waals surface area contributed by atoms with Gasteiger partial charge in [0.05, 0.1) is 20.8 Å². The van der Waals surface area contributed by atoms with Gasteiger partial charge in [0, 0.05) is 10.0 Å². The molecule has 0 unspecified atom stereocenters. The van der Waals surface area contributed by atoms with Crippen LogP contribution < -0.4 is 14.8 Å². The van der Waals surface area contributed by atoms with Crippen LogP contribution in [0.4, 0.5) is 4.79 Å². The van der Waals surface area contributed by atoms with E-state index >= 15 is 0 Å². The Morgan fingerprint density at radius 1 is 1.00 bits per heavy atom. The van der Waals surface area contributed by atoms with Gasteiger partial charge in [-0.1, -0.05) is 40.2 Å². The van der Waals surface area contributed by atoms with Crippen LogP contribution in [-0.4, -0.2) is 31.1 Å². The normalized spacial score (nSPS) is 15.0. The van der Waals surface area contributed by atoms with E-state index in [1.165, 1.54) is 4.90 Å². The number of carbonyl (C=O) groups excluding carboxylic acids is 2. The molecule has 3 aromatic rings. The van der Waals surface area contributed by atoms with Crippen molar-refractivity contribution < 1.29 is 19.1 Å². The largest absolute Gasteiger partial charge is 0.497 e. The number of hydrogen-bond acceptors (Lipinski definition) is 4. The van der Waals surface area contributed by atoms with Crippen LogP contribution in [0.15, 0.2) is 64.8 Å². The quantitative estimate of drug-likeness (QED) is 0.436. The van der Waals surface area contributed by atoms with Gasteiger partial charge in [-0.25, -0.2) is 4.79 Å². The van der Waals surface area contributed by atoms with Crippen molar-refractivity contribution in [3.8, 4) is 11.5 Å². The predicted octanol–water partition coefficient (Wildman–Crippen LogP) is 4.71. The Labute approximate surface area is 182 Å². The van der Waals surface area contributed by atoms with Crippen molar-refractivity contribution in [1.82, 2.24) is 10.2 Å². The summed E-state index contributed by atoms with van der Waals surface area (Å²) in [6.45, 7) is 0.190. The van der Waals surface area contributed by atoms with Crippen molar-refractivity contribution in [2.45, 2.75) is 6.54 Å². The van der Waals surface area contributed by atoms with Gasteiger partial charge in [0.1, 0.15) is 17.2 Å². The Kier molecular flexibility index (Phi) is 5.46. The highest BCUT2D eigenvalue weighted by Crippen LogP contribution is 2.33. The summed E-state index contributed by atoms with van der Waals surface area (Å²) in [5.74, 6) is 0.899. The Hall–Kier alpha value is -3.32. The van der Waals surface area contributed by atoms with Gasteiger partial charge in [-0.2, -0.15) is 0 Å². The zero-order valence-corrected chi connectivity index (χ0v) is 18.0. The van der Waals surface area contributed by atoms with E-state index in [1.54, 1.807) is 20.3 Å². The second kappa shape index (κ2) is 8.20. The first-order valence-corrected chi connectivity index (χ1v) is 10.0. The highest BCUT2D eigenvalue weighted by molar-refractivity contribution is 9.10. The smallest absolute Gasteiger partial charge is 0.329 e. The van der Waals surface area contributed by atoms with Gasteiger partial charge in [-0.15, -0.1) is 0 Å². The second-order valence-corrected chi connectivity index (χ2v) is 7.69. The van der Waals surface area contributed by atoms with Crippen LogP contribution in [0, 0.1) is 0 Å². The van der Waals surface area contributed by atoms with Crippen LogP contribution in [0.25, 0.3) is 16.8 Å². The summed E-state index contributed by atoms with van der Waals surface area (Å²) < 4.78 is 11.8. The standard InChI is InChI=1S/C23H19BrN2O4/c1-29-17-9-5-15-6-10-21(30-2)19(18(15)11-17)12-20-22(27)26(23(28)25-20)13-14-3-7-16(24)8-4-14/h3-12H,13H2,1-2H3,(H,25,28)/b20-12-. The maximum atomic E-state index is 12.9. The van der Waals surface area contributed by atoms with Gasteiger partial charge < -0.3 is 14.8 Å². The highest BCUT2D eigenvalue weighted by atomic mass is 79.9. The summed E-state index contributed by atoms with van der Waals surface area (Å²) in [7, 11) is 3.17. The number of amides is 3. The summed E-state index contributed by atoms with van der Waals surface area (Å²) in [5, 5.41) is 4.50. The van der Waals surface area contributed by atoms with E-state index in [1.807, 2.05) is 54.6 Å². The fourth-order valence-corrected chi connectivity index (χ4v) is 3.65. The fourth-order valence-electron chi connectivity index (χ4n) is 3.39. The number of nitrogens with one attached hydrogen (secondary N) is 1. The molecule has 6 nitrogen and oxygen atoms in total. The molecule has 1 N–H and O–H groups in total. The Morgan fingerprint density at radius 3 is 2.43 bits per heavy atom. The topological polar surface area (TPSA) is 67.9 Å². The lowest BCUT2D eigenvalue weighted by atomic mass is 10.0. The van der Waals surface area contributed by atoms with Gasteiger partial charge in [0.2, 0.25) is 0 Å². The average Bonchev–Trinajstić information content (AvgIpc) is 3.02. The molecule has 0 saturated carbocycles. The highest BCUT2D eigenvalue weighted by Gasteiger charge is 2.33. The molecule has 0 spiro atoms. The molecule has 0 aromatic heterocycles. The number of rotatable bonds is 5. The predicted molar refractivity (Wildman–Crippen MR) is 118 cm³/mol. The van der Waals surface area contributed by atoms with Crippen molar-refractivity contribution in [3.05, 3.63) is 75.9 Å². The molecule has 152 valence electrons. The van der Waals surface area contributed by atoms with E-state index in [-0.39, 0.29) is 18.1 Å². The van der Waals surface area contributed by atoms with Crippen molar-refractivity contribution in [3.63, 3.8) is 0 Å².